The van der Waals surface area contributed by atoms with Gasteiger partial charge in [0.05, 0.1) is 0 Å². The molecule has 0 bridgehead atoms. The second-order valence-corrected chi connectivity index (χ2v) is 17.3. The smallest absolute Gasteiger partial charge is 0.168 e. The first-order valence-electron chi connectivity index (χ1n) is 20.3. The molecule has 5 aromatic rings. The minimum Gasteiger partial charge on any atom is -0.492 e. The molecular weight excluding hydrogens is 782 g/mol. The highest BCUT2D eigenvalue weighted by atomic mass is 79.9. The minimum absolute atomic E-state index is 0.0986. The Kier molecular flexibility index (Phi) is 17.2. The number of hydrogen-bond donors (Lipinski definition) is 0. The van der Waals surface area contributed by atoms with Gasteiger partial charge in [0.25, 0.3) is 0 Å². The lowest BCUT2D eigenvalue weighted by molar-refractivity contribution is -0.113. The van der Waals surface area contributed by atoms with Gasteiger partial charge in [-0.2, -0.15) is 0 Å². The Morgan fingerprint density at radius 2 is 0.983 bits per heavy atom. The maximum Gasteiger partial charge on any atom is 0.168 e. The first-order valence-corrected chi connectivity index (χ1v) is 21.1. The van der Waals surface area contributed by atoms with Crippen molar-refractivity contribution in [2.45, 2.75) is 85.9 Å². The van der Waals surface area contributed by atoms with Crippen LogP contribution >= 0.6 is 15.9 Å². The minimum atomic E-state index is -0.281. The van der Waals surface area contributed by atoms with Crippen molar-refractivity contribution in [3.63, 3.8) is 0 Å². The van der Waals surface area contributed by atoms with Gasteiger partial charge in [-0.25, -0.2) is 0 Å². The number of halogens is 1. The molecule has 0 heterocycles. The summed E-state index contributed by atoms with van der Waals surface area (Å²) in [5.41, 5.74) is 8.04. The Morgan fingerprint density at radius 1 is 0.552 bits per heavy atom. The highest BCUT2D eigenvalue weighted by molar-refractivity contribution is 9.15. The monoisotopic (exact) mass is 843 g/mol. The van der Waals surface area contributed by atoms with Gasteiger partial charge in [0.1, 0.15) is 35.1 Å². The van der Waals surface area contributed by atoms with E-state index in [1.807, 2.05) is 120 Å². The number of Topliss-reactive ketones (excluding diaryl/α,β-unsaturated/α-hetero) is 1. The van der Waals surface area contributed by atoms with Crippen LogP contribution in [0.1, 0.15) is 96.0 Å². The summed E-state index contributed by atoms with van der Waals surface area (Å²) in [6.07, 6.45) is 2.05. The molecule has 0 atom stereocenters. The fraction of sp³-hybridized carbons (Fsp3) is 0.327. The van der Waals surface area contributed by atoms with E-state index in [4.69, 9.17) is 14.2 Å². The SMILES string of the molecule is CC/C(=C(\Br)c1ccc(OC(C)(C)C)cc1)c1ccccc1.CCC(=C(C(=O)Cc1ccc(OCCN(C)C)cc1)c1ccc(OC(C)(C)C)cc1)c1ccccc1. The number of carbonyl (C=O) groups is 1. The average molecular weight is 845 g/mol. The van der Waals surface area contributed by atoms with Crippen molar-refractivity contribution in [2.75, 3.05) is 27.2 Å². The van der Waals surface area contributed by atoms with Crippen molar-refractivity contribution < 1.29 is 19.0 Å². The molecule has 0 amide bonds. The molecule has 6 heteroatoms. The third-order valence-electron chi connectivity index (χ3n) is 8.99. The molecule has 0 spiro atoms. The van der Waals surface area contributed by atoms with Gasteiger partial charge in [0, 0.05) is 23.0 Å². The fourth-order valence-electron chi connectivity index (χ4n) is 6.36. The predicted octanol–water partition coefficient (Wildman–Crippen LogP) is 13.5. The third kappa shape index (κ3) is 14.8. The van der Waals surface area contributed by atoms with Gasteiger partial charge in [-0.1, -0.05) is 111 Å². The molecule has 306 valence electrons. The second-order valence-electron chi connectivity index (χ2n) is 16.5. The molecule has 0 unspecified atom stereocenters. The van der Waals surface area contributed by atoms with E-state index in [0.717, 1.165) is 69.0 Å². The van der Waals surface area contributed by atoms with Crippen LogP contribution in [0.4, 0.5) is 0 Å². The molecule has 5 aromatic carbocycles. The Hall–Kier alpha value is -4.91. The lowest BCUT2D eigenvalue weighted by atomic mass is 9.88. The normalized spacial score (nSPS) is 12.5. The van der Waals surface area contributed by atoms with Crippen LogP contribution in [0.2, 0.25) is 0 Å². The highest BCUT2D eigenvalue weighted by Crippen LogP contribution is 2.35. The van der Waals surface area contributed by atoms with Crippen LogP contribution in [-0.4, -0.2) is 49.1 Å². The van der Waals surface area contributed by atoms with Crippen molar-refractivity contribution in [1.29, 1.82) is 0 Å². The van der Waals surface area contributed by atoms with E-state index in [0.29, 0.717) is 13.0 Å². The zero-order chi connectivity index (χ0) is 42.3. The number of carbonyl (C=O) groups excluding carboxylic acids is 1. The number of nitrogens with zero attached hydrogens (tertiary/aromatic N) is 1. The summed E-state index contributed by atoms with van der Waals surface area (Å²) < 4.78 is 18.8. The van der Waals surface area contributed by atoms with Gasteiger partial charge in [-0.15, -0.1) is 0 Å². The van der Waals surface area contributed by atoms with Crippen molar-refractivity contribution in [2.24, 2.45) is 0 Å². The topological polar surface area (TPSA) is 48.0 Å². The van der Waals surface area contributed by atoms with Gasteiger partial charge in [0.2, 0.25) is 0 Å². The molecule has 0 saturated carbocycles. The molecule has 0 aliphatic heterocycles. The fourth-order valence-corrected chi connectivity index (χ4v) is 7.13. The maximum atomic E-state index is 13.8. The second kappa shape index (κ2) is 21.7. The Labute approximate surface area is 356 Å². The number of hydrogen-bond acceptors (Lipinski definition) is 5. The largest absolute Gasteiger partial charge is 0.492 e. The average Bonchev–Trinajstić information content (AvgIpc) is 3.18. The molecule has 0 aliphatic carbocycles. The van der Waals surface area contributed by atoms with Crippen molar-refractivity contribution in [3.05, 3.63) is 161 Å². The highest BCUT2D eigenvalue weighted by Gasteiger charge is 2.20. The lowest BCUT2D eigenvalue weighted by Gasteiger charge is -2.21. The number of allylic oxidation sites excluding steroid dienone is 3. The van der Waals surface area contributed by atoms with Gasteiger partial charge in [-0.05, 0) is 160 Å². The van der Waals surface area contributed by atoms with E-state index >= 15 is 0 Å². The lowest BCUT2D eigenvalue weighted by Crippen LogP contribution is -2.22. The van der Waals surface area contributed by atoms with E-state index in [1.54, 1.807) is 0 Å². The molecule has 0 N–H and O–H groups in total. The Morgan fingerprint density at radius 3 is 1.41 bits per heavy atom. The summed E-state index contributed by atoms with van der Waals surface area (Å²) in [5.74, 6) is 2.60. The maximum absolute atomic E-state index is 13.8. The Balaban J connectivity index is 0.000000289. The number of ether oxygens (including phenoxy) is 3. The van der Waals surface area contributed by atoms with E-state index in [1.165, 1.54) is 16.7 Å². The zero-order valence-corrected chi connectivity index (χ0v) is 37.8. The van der Waals surface area contributed by atoms with Crippen LogP contribution in [0.5, 0.6) is 17.2 Å². The number of benzene rings is 5. The first-order chi connectivity index (χ1) is 27.6. The summed E-state index contributed by atoms with van der Waals surface area (Å²) in [5, 5.41) is 0. The number of likely N-dealkylation sites (N-methyl/N-ethyl adjacent to an activating group) is 1. The van der Waals surface area contributed by atoms with Crippen LogP contribution in [0.15, 0.2) is 133 Å². The molecule has 5 nitrogen and oxygen atoms in total. The van der Waals surface area contributed by atoms with Crippen LogP contribution in [0.3, 0.4) is 0 Å². The van der Waals surface area contributed by atoms with Crippen LogP contribution in [0, 0.1) is 0 Å². The van der Waals surface area contributed by atoms with E-state index in [2.05, 4.69) is 104 Å². The molecular formula is C52H62BrNO4. The molecule has 58 heavy (non-hydrogen) atoms. The summed E-state index contributed by atoms with van der Waals surface area (Å²) in [7, 11) is 4.04. The molecule has 0 aromatic heterocycles. The quantitative estimate of drug-likeness (QED) is 0.0776. The number of ketones is 1. The van der Waals surface area contributed by atoms with Gasteiger partial charge in [-0.3, -0.25) is 4.79 Å². The van der Waals surface area contributed by atoms with Crippen molar-refractivity contribution >= 4 is 42.9 Å². The van der Waals surface area contributed by atoms with Gasteiger partial charge < -0.3 is 19.1 Å². The molecule has 0 saturated heterocycles. The predicted molar refractivity (Wildman–Crippen MR) is 249 cm³/mol. The molecule has 0 fully saturated rings. The van der Waals surface area contributed by atoms with Gasteiger partial charge >= 0.3 is 0 Å². The van der Waals surface area contributed by atoms with E-state index < -0.39 is 0 Å². The summed E-state index contributed by atoms with van der Waals surface area (Å²) in [6.45, 7) is 18.0. The van der Waals surface area contributed by atoms with Crippen molar-refractivity contribution in [1.82, 2.24) is 4.90 Å². The summed E-state index contributed by atoms with van der Waals surface area (Å²) >= 11 is 3.77. The number of rotatable bonds is 15. The zero-order valence-electron chi connectivity index (χ0n) is 36.2. The van der Waals surface area contributed by atoms with Crippen LogP contribution in [-0.2, 0) is 11.2 Å². The van der Waals surface area contributed by atoms with E-state index in [-0.39, 0.29) is 17.0 Å². The third-order valence-corrected chi connectivity index (χ3v) is 9.93. The van der Waals surface area contributed by atoms with Crippen LogP contribution in [0.25, 0.3) is 21.2 Å². The molecule has 0 aliphatic rings. The molecule has 5 rings (SSSR count). The summed E-state index contributed by atoms with van der Waals surface area (Å²) in [4.78, 5) is 15.9. The standard InChI is InChI=1S/C32H39NO3.C20H23BrO/c1-7-29(25-11-9-8-10-12-25)31(26-15-19-28(20-16-26)36-32(2,3)4)30(34)23-24-13-17-27(18-14-24)35-22-21-33(5)6;1-5-18(15-9-7-6-8-10-15)19(21)16-11-13-17(14-12-16)22-20(2,3)4/h8-20H,7,21-23H2,1-6H3;6-14H,5H2,1-4H3/b;19-18+. The first kappa shape index (κ1) is 45.8. The van der Waals surface area contributed by atoms with Crippen molar-refractivity contribution in [3.8, 4) is 17.2 Å². The Bertz CT molecular complexity index is 2070. The van der Waals surface area contributed by atoms with Gasteiger partial charge in [0.15, 0.2) is 5.78 Å². The van der Waals surface area contributed by atoms with Crippen LogP contribution < -0.4 is 14.2 Å². The molecule has 0 radical (unpaired) electrons. The van der Waals surface area contributed by atoms with E-state index in [9.17, 15) is 4.79 Å². The summed E-state index contributed by atoms with van der Waals surface area (Å²) in [6, 6.07) is 44.7.